The highest BCUT2D eigenvalue weighted by Gasteiger charge is 2.08. The van der Waals surface area contributed by atoms with Crippen LogP contribution in [0.2, 0.25) is 0 Å². The molecule has 0 amide bonds. The average molecular weight is 235 g/mol. The van der Waals surface area contributed by atoms with Crippen molar-refractivity contribution in [2.45, 2.75) is 6.42 Å². The number of rotatable bonds is 6. The number of carbonyl (C=O) groups excluding carboxylic acids is 1. The van der Waals surface area contributed by atoms with Gasteiger partial charge in [-0.2, -0.15) is 0 Å². The van der Waals surface area contributed by atoms with E-state index in [0.717, 1.165) is 18.3 Å². The molecule has 4 heteroatoms. The highest BCUT2D eigenvalue weighted by molar-refractivity contribution is 5.82. The van der Waals surface area contributed by atoms with Crippen LogP contribution in [-0.2, 0) is 0 Å². The summed E-state index contributed by atoms with van der Waals surface area (Å²) in [5.41, 5.74) is 6.75. The van der Waals surface area contributed by atoms with Gasteiger partial charge >= 0.3 is 0 Å². The van der Waals surface area contributed by atoms with E-state index in [0.29, 0.717) is 23.6 Å². The lowest BCUT2D eigenvalue weighted by molar-refractivity contribution is 0.112. The molecular weight excluding hydrogens is 218 g/mol. The fourth-order valence-corrected chi connectivity index (χ4v) is 1.47. The van der Waals surface area contributed by atoms with Crippen molar-refractivity contribution in [1.82, 2.24) is 0 Å². The highest BCUT2D eigenvalue weighted by atomic mass is 16.5. The summed E-state index contributed by atoms with van der Waals surface area (Å²) < 4.78 is 10.4. The summed E-state index contributed by atoms with van der Waals surface area (Å²) in [7, 11) is 3.10. The van der Waals surface area contributed by atoms with E-state index in [9.17, 15) is 4.79 Å². The van der Waals surface area contributed by atoms with Crippen molar-refractivity contribution >= 4 is 12.4 Å². The standard InChI is InChI=1S/C13H17NO3/c1-16-12-8-11(9-15)13(17-2)7-10(12)5-3-4-6-14/h3,5,7-9H,4,6,14H2,1-2H3. The van der Waals surface area contributed by atoms with Crippen LogP contribution in [0.3, 0.4) is 0 Å². The lowest BCUT2D eigenvalue weighted by Crippen LogP contribution is -1.96. The average Bonchev–Trinajstić information content (AvgIpc) is 2.38. The number of aldehydes is 1. The first-order valence-electron chi connectivity index (χ1n) is 5.34. The number of benzene rings is 1. The molecule has 0 atom stereocenters. The molecule has 0 spiro atoms. The normalized spacial score (nSPS) is 10.5. The molecule has 1 aromatic rings. The summed E-state index contributed by atoms with van der Waals surface area (Å²) >= 11 is 0. The summed E-state index contributed by atoms with van der Waals surface area (Å²) in [6.07, 6.45) is 5.40. The Labute approximate surface area is 101 Å². The third-order valence-corrected chi connectivity index (χ3v) is 2.34. The van der Waals surface area contributed by atoms with Gasteiger partial charge in [-0.15, -0.1) is 0 Å². The van der Waals surface area contributed by atoms with Crippen LogP contribution in [0.4, 0.5) is 0 Å². The van der Waals surface area contributed by atoms with Crippen molar-refractivity contribution in [3.05, 3.63) is 29.3 Å². The van der Waals surface area contributed by atoms with E-state index in [4.69, 9.17) is 15.2 Å². The van der Waals surface area contributed by atoms with E-state index in [-0.39, 0.29) is 0 Å². The van der Waals surface area contributed by atoms with Crippen LogP contribution >= 0.6 is 0 Å². The van der Waals surface area contributed by atoms with E-state index in [1.165, 1.54) is 7.11 Å². The van der Waals surface area contributed by atoms with Gasteiger partial charge in [-0.05, 0) is 25.1 Å². The summed E-state index contributed by atoms with van der Waals surface area (Å²) in [5, 5.41) is 0. The lowest BCUT2D eigenvalue weighted by Gasteiger charge is -2.09. The summed E-state index contributed by atoms with van der Waals surface area (Å²) in [6.45, 7) is 0.600. The van der Waals surface area contributed by atoms with E-state index in [1.807, 2.05) is 12.2 Å². The first-order valence-corrected chi connectivity index (χ1v) is 5.34. The molecule has 0 aromatic heterocycles. The smallest absolute Gasteiger partial charge is 0.153 e. The van der Waals surface area contributed by atoms with Gasteiger partial charge in [-0.1, -0.05) is 12.2 Å². The maximum atomic E-state index is 10.9. The SMILES string of the molecule is COc1cc(C=CCCN)c(OC)cc1C=O. The van der Waals surface area contributed by atoms with Gasteiger partial charge in [-0.3, -0.25) is 4.79 Å². The van der Waals surface area contributed by atoms with Crippen LogP contribution in [0.1, 0.15) is 22.3 Å². The number of methoxy groups -OCH3 is 2. The van der Waals surface area contributed by atoms with E-state index >= 15 is 0 Å². The molecule has 1 rings (SSSR count). The summed E-state index contributed by atoms with van der Waals surface area (Å²) in [5.74, 6) is 1.18. The molecular formula is C13H17NO3. The van der Waals surface area contributed by atoms with Crippen molar-refractivity contribution in [1.29, 1.82) is 0 Å². The van der Waals surface area contributed by atoms with Gasteiger partial charge < -0.3 is 15.2 Å². The fourth-order valence-electron chi connectivity index (χ4n) is 1.47. The first-order chi connectivity index (χ1) is 8.26. The van der Waals surface area contributed by atoms with Crippen molar-refractivity contribution in [3.8, 4) is 11.5 Å². The Morgan fingerprint density at radius 3 is 2.29 bits per heavy atom. The number of ether oxygens (including phenoxy) is 2. The zero-order valence-electron chi connectivity index (χ0n) is 10.1. The number of nitrogens with two attached hydrogens (primary N) is 1. The van der Waals surface area contributed by atoms with Gasteiger partial charge in [0.2, 0.25) is 0 Å². The molecule has 0 aliphatic rings. The number of carbonyl (C=O) groups is 1. The molecule has 1 aromatic carbocycles. The minimum absolute atomic E-state index is 0.473. The fraction of sp³-hybridized carbons (Fsp3) is 0.308. The molecule has 0 saturated carbocycles. The summed E-state index contributed by atoms with van der Waals surface area (Å²) in [6, 6.07) is 3.43. The molecule has 0 heterocycles. The first kappa shape index (κ1) is 13.3. The summed E-state index contributed by atoms with van der Waals surface area (Å²) in [4.78, 5) is 10.9. The van der Waals surface area contributed by atoms with Crippen LogP contribution < -0.4 is 15.2 Å². The molecule has 0 aliphatic heterocycles. The molecule has 0 bridgehead atoms. The second-order valence-electron chi connectivity index (χ2n) is 3.43. The quantitative estimate of drug-likeness (QED) is 0.765. The van der Waals surface area contributed by atoms with Crippen molar-refractivity contribution < 1.29 is 14.3 Å². The Morgan fingerprint density at radius 2 is 1.76 bits per heavy atom. The largest absolute Gasteiger partial charge is 0.496 e. The van der Waals surface area contributed by atoms with Crippen LogP contribution in [0.25, 0.3) is 6.08 Å². The molecule has 92 valence electrons. The number of hydrogen-bond acceptors (Lipinski definition) is 4. The van der Waals surface area contributed by atoms with Gasteiger partial charge in [0.1, 0.15) is 11.5 Å². The van der Waals surface area contributed by atoms with Gasteiger partial charge in [0, 0.05) is 5.56 Å². The maximum Gasteiger partial charge on any atom is 0.153 e. The Bertz CT molecular complexity index is 413. The topological polar surface area (TPSA) is 61.6 Å². The predicted molar refractivity (Wildman–Crippen MR) is 67.6 cm³/mol. The molecule has 0 radical (unpaired) electrons. The molecule has 0 fully saturated rings. The Morgan fingerprint density at radius 1 is 1.18 bits per heavy atom. The second-order valence-corrected chi connectivity index (χ2v) is 3.43. The highest BCUT2D eigenvalue weighted by Crippen LogP contribution is 2.28. The lowest BCUT2D eigenvalue weighted by atomic mass is 10.1. The molecule has 0 aliphatic carbocycles. The van der Waals surface area contributed by atoms with Crippen molar-refractivity contribution in [2.24, 2.45) is 5.73 Å². The second kappa shape index (κ2) is 6.70. The minimum atomic E-state index is 0.473. The van der Waals surface area contributed by atoms with Crippen molar-refractivity contribution in [2.75, 3.05) is 20.8 Å². The molecule has 0 unspecified atom stereocenters. The monoisotopic (exact) mass is 235 g/mol. The van der Waals surface area contributed by atoms with Gasteiger partial charge in [-0.25, -0.2) is 0 Å². The molecule has 0 saturated heterocycles. The Kier molecular flexibility index (Phi) is 5.23. The third-order valence-electron chi connectivity index (χ3n) is 2.34. The van der Waals surface area contributed by atoms with Crippen LogP contribution in [0, 0.1) is 0 Å². The zero-order valence-corrected chi connectivity index (χ0v) is 10.1. The van der Waals surface area contributed by atoms with Gasteiger partial charge in [0.25, 0.3) is 0 Å². The third kappa shape index (κ3) is 3.32. The molecule has 17 heavy (non-hydrogen) atoms. The minimum Gasteiger partial charge on any atom is -0.496 e. The number of hydrogen-bond donors (Lipinski definition) is 1. The van der Waals surface area contributed by atoms with E-state index in [1.54, 1.807) is 19.2 Å². The molecule has 4 nitrogen and oxygen atoms in total. The maximum absolute atomic E-state index is 10.9. The van der Waals surface area contributed by atoms with Crippen molar-refractivity contribution in [3.63, 3.8) is 0 Å². The van der Waals surface area contributed by atoms with Crippen LogP contribution in [-0.4, -0.2) is 27.1 Å². The predicted octanol–water partition coefficient (Wildman–Crippen LogP) is 1.88. The molecule has 2 N–H and O–H groups in total. The van der Waals surface area contributed by atoms with E-state index < -0.39 is 0 Å². The zero-order chi connectivity index (χ0) is 12.7. The Hall–Kier alpha value is -1.81. The van der Waals surface area contributed by atoms with Crippen LogP contribution in [0.15, 0.2) is 18.2 Å². The van der Waals surface area contributed by atoms with Crippen LogP contribution in [0.5, 0.6) is 11.5 Å². The van der Waals surface area contributed by atoms with E-state index in [2.05, 4.69) is 0 Å². The van der Waals surface area contributed by atoms with Gasteiger partial charge in [0.15, 0.2) is 6.29 Å². The Balaban J connectivity index is 3.14. The van der Waals surface area contributed by atoms with Gasteiger partial charge in [0.05, 0.1) is 19.8 Å².